The van der Waals surface area contributed by atoms with Gasteiger partial charge in [-0.1, -0.05) is 0 Å². The Morgan fingerprint density at radius 2 is 2.03 bits per heavy atom. The van der Waals surface area contributed by atoms with Gasteiger partial charge >= 0.3 is 0 Å². The number of benzene rings is 1. The number of nitrogens with zero attached hydrogens (tertiary/aromatic N) is 3. The lowest BCUT2D eigenvalue weighted by Gasteiger charge is -2.16. The molecule has 0 radical (unpaired) electrons. The van der Waals surface area contributed by atoms with Gasteiger partial charge in [-0.2, -0.15) is 4.98 Å². The predicted octanol–water partition coefficient (Wildman–Crippen LogP) is 1.29. The van der Waals surface area contributed by atoms with Crippen LogP contribution in [0.3, 0.4) is 0 Å². The normalized spacial score (nSPS) is 18.6. The van der Waals surface area contributed by atoms with Gasteiger partial charge in [0.2, 0.25) is 5.95 Å². The second-order valence-corrected chi connectivity index (χ2v) is 7.04. The van der Waals surface area contributed by atoms with Crippen LogP contribution in [0.15, 0.2) is 29.2 Å². The average molecular weight is 415 g/mol. The molecule has 1 fully saturated rings. The number of halogens is 1. The lowest BCUT2D eigenvalue weighted by atomic mass is 10.0. The van der Waals surface area contributed by atoms with Crippen molar-refractivity contribution in [2.45, 2.75) is 12.1 Å². The summed E-state index contributed by atoms with van der Waals surface area (Å²) in [5.41, 5.74) is 6.20. The topological polar surface area (TPSA) is 114 Å². The van der Waals surface area contributed by atoms with Gasteiger partial charge in [-0.15, -0.1) is 0 Å². The highest BCUT2D eigenvalue weighted by atomic mass is 19.1. The number of rotatable bonds is 5. The molecule has 0 aliphatic carbocycles. The largest absolute Gasteiger partial charge is 0.497 e. The number of hydrogen-bond acceptors (Lipinski definition) is 8. The third-order valence-electron chi connectivity index (χ3n) is 5.15. The van der Waals surface area contributed by atoms with Crippen LogP contribution in [0.2, 0.25) is 0 Å². The maximum Gasteiger partial charge on any atom is 0.259 e. The molecule has 0 saturated carbocycles. The van der Waals surface area contributed by atoms with E-state index in [2.05, 4.69) is 15.3 Å². The van der Waals surface area contributed by atoms with Gasteiger partial charge in [-0.3, -0.25) is 9.36 Å². The average Bonchev–Trinajstić information content (AvgIpc) is 3.15. The number of aryl methyl sites for hydroxylation is 1. The molecule has 0 bridgehead atoms. The SMILES string of the molecule is COc1cc(OC)c(F)c(-c2cc3cnc(NC4COC[C@@H]4N)nc3n(C)c2=O)c1. The standard InChI is InChI=1S/C20H22FN5O4/c1-26-18-10(7-23-20(25-18)24-15-9-30-8-14(15)22)4-13(19(26)27)12-5-11(28-2)6-16(29-3)17(12)21/h4-7,14-15H,8-9,22H2,1-3H3,(H,23,24,25)/t14-,15?/m0/s1. The zero-order valence-electron chi connectivity index (χ0n) is 16.8. The molecular weight excluding hydrogens is 393 g/mol. The van der Waals surface area contributed by atoms with Gasteiger partial charge in [0.25, 0.3) is 5.56 Å². The third-order valence-corrected chi connectivity index (χ3v) is 5.15. The van der Waals surface area contributed by atoms with E-state index in [1.807, 2.05) is 0 Å². The lowest BCUT2D eigenvalue weighted by molar-refractivity contribution is 0.192. The van der Waals surface area contributed by atoms with Gasteiger partial charge in [0.15, 0.2) is 11.6 Å². The maximum atomic E-state index is 14.9. The molecule has 1 aromatic carbocycles. The summed E-state index contributed by atoms with van der Waals surface area (Å²) in [7, 11) is 4.38. The quantitative estimate of drug-likeness (QED) is 0.641. The summed E-state index contributed by atoms with van der Waals surface area (Å²) in [4.78, 5) is 21.8. The van der Waals surface area contributed by atoms with Crippen LogP contribution < -0.4 is 26.1 Å². The number of hydrogen-bond donors (Lipinski definition) is 2. The van der Waals surface area contributed by atoms with E-state index in [0.717, 1.165) is 0 Å². The van der Waals surface area contributed by atoms with Crippen LogP contribution in [0, 0.1) is 5.82 Å². The fourth-order valence-corrected chi connectivity index (χ4v) is 3.43. The maximum absolute atomic E-state index is 14.9. The molecule has 4 rings (SSSR count). The van der Waals surface area contributed by atoms with Crippen LogP contribution in [0.4, 0.5) is 10.3 Å². The Morgan fingerprint density at radius 3 is 2.70 bits per heavy atom. The van der Waals surface area contributed by atoms with Gasteiger partial charge in [0.05, 0.1) is 45.1 Å². The fourth-order valence-electron chi connectivity index (χ4n) is 3.43. The molecule has 1 aliphatic heterocycles. The second kappa shape index (κ2) is 7.88. The molecule has 3 N–H and O–H groups in total. The highest BCUT2D eigenvalue weighted by Gasteiger charge is 2.25. The van der Waals surface area contributed by atoms with Gasteiger partial charge in [-0.25, -0.2) is 9.37 Å². The van der Waals surface area contributed by atoms with Crippen molar-refractivity contribution in [3.8, 4) is 22.6 Å². The number of aromatic nitrogens is 3. The summed E-state index contributed by atoms with van der Waals surface area (Å²) in [6.07, 6.45) is 1.57. The van der Waals surface area contributed by atoms with E-state index in [1.165, 1.54) is 30.9 Å². The molecule has 9 nitrogen and oxygen atoms in total. The van der Waals surface area contributed by atoms with E-state index in [9.17, 15) is 9.18 Å². The minimum absolute atomic E-state index is 0.0163. The Balaban J connectivity index is 1.81. The summed E-state index contributed by atoms with van der Waals surface area (Å²) in [6, 6.07) is 4.16. The molecule has 0 amide bonds. The first-order valence-corrected chi connectivity index (χ1v) is 9.31. The van der Waals surface area contributed by atoms with Gasteiger partial charge in [0.1, 0.15) is 11.4 Å². The molecule has 1 unspecified atom stereocenters. The van der Waals surface area contributed by atoms with Gasteiger partial charge in [0, 0.05) is 30.3 Å². The van der Waals surface area contributed by atoms with Crippen LogP contribution in [0.1, 0.15) is 0 Å². The highest BCUT2D eigenvalue weighted by molar-refractivity contribution is 5.82. The van der Waals surface area contributed by atoms with Crippen LogP contribution in [-0.4, -0.2) is 54.1 Å². The number of anilines is 1. The molecule has 10 heteroatoms. The third kappa shape index (κ3) is 3.44. The first kappa shape index (κ1) is 20.0. The van der Waals surface area contributed by atoms with Crippen molar-refractivity contribution in [3.63, 3.8) is 0 Å². The molecule has 1 saturated heterocycles. The van der Waals surface area contributed by atoms with E-state index < -0.39 is 11.4 Å². The Morgan fingerprint density at radius 1 is 1.23 bits per heavy atom. The van der Waals surface area contributed by atoms with Crippen molar-refractivity contribution in [3.05, 3.63) is 40.6 Å². The van der Waals surface area contributed by atoms with Crippen LogP contribution in [0.25, 0.3) is 22.2 Å². The molecule has 2 aromatic heterocycles. The first-order valence-electron chi connectivity index (χ1n) is 9.31. The molecular formula is C20H22FN5O4. The van der Waals surface area contributed by atoms with E-state index in [1.54, 1.807) is 19.3 Å². The van der Waals surface area contributed by atoms with Gasteiger partial charge in [-0.05, 0) is 12.1 Å². The second-order valence-electron chi connectivity index (χ2n) is 7.04. The number of methoxy groups -OCH3 is 2. The molecule has 1 aliphatic rings. The zero-order chi connectivity index (χ0) is 21.4. The van der Waals surface area contributed by atoms with Crippen LogP contribution in [0.5, 0.6) is 11.5 Å². The fraction of sp³-hybridized carbons (Fsp3) is 0.350. The molecule has 3 aromatic rings. The van der Waals surface area contributed by atoms with Crippen molar-refractivity contribution < 1.29 is 18.6 Å². The molecule has 158 valence electrons. The molecule has 3 heterocycles. The summed E-state index contributed by atoms with van der Waals surface area (Å²) >= 11 is 0. The number of ether oxygens (including phenoxy) is 3. The first-order chi connectivity index (χ1) is 14.4. The Bertz CT molecular complexity index is 1170. The van der Waals surface area contributed by atoms with Crippen molar-refractivity contribution in [2.24, 2.45) is 12.8 Å². The van der Waals surface area contributed by atoms with E-state index in [4.69, 9.17) is 19.9 Å². The van der Waals surface area contributed by atoms with E-state index in [0.29, 0.717) is 35.9 Å². The van der Waals surface area contributed by atoms with Crippen molar-refractivity contribution in [1.82, 2.24) is 14.5 Å². The van der Waals surface area contributed by atoms with E-state index in [-0.39, 0.29) is 29.0 Å². The summed E-state index contributed by atoms with van der Waals surface area (Å²) in [5.74, 6) is 0.0448. The van der Waals surface area contributed by atoms with Crippen LogP contribution >= 0.6 is 0 Å². The highest BCUT2D eigenvalue weighted by Crippen LogP contribution is 2.33. The molecule has 30 heavy (non-hydrogen) atoms. The predicted molar refractivity (Wildman–Crippen MR) is 109 cm³/mol. The summed E-state index contributed by atoms with van der Waals surface area (Å²) in [5, 5.41) is 3.71. The smallest absolute Gasteiger partial charge is 0.259 e. The Kier molecular flexibility index (Phi) is 5.27. The number of nitrogens with two attached hydrogens (primary N) is 1. The van der Waals surface area contributed by atoms with E-state index >= 15 is 0 Å². The Hall–Kier alpha value is -3.24. The molecule has 0 spiro atoms. The zero-order valence-corrected chi connectivity index (χ0v) is 16.8. The van der Waals surface area contributed by atoms with Crippen molar-refractivity contribution >= 4 is 17.0 Å². The summed E-state index contributed by atoms with van der Waals surface area (Å²) < 4.78 is 31.9. The van der Waals surface area contributed by atoms with Crippen molar-refractivity contribution in [2.75, 3.05) is 32.8 Å². The molecule has 2 atom stereocenters. The van der Waals surface area contributed by atoms with Gasteiger partial charge < -0.3 is 25.3 Å². The van der Waals surface area contributed by atoms with Crippen LogP contribution in [-0.2, 0) is 11.8 Å². The minimum atomic E-state index is -0.649. The number of nitrogens with one attached hydrogen (secondary N) is 1. The monoisotopic (exact) mass is 415 g/mol. The lowest BCUT2D eigenvalue weighted by Crippen LogP contribution is -2.39. The Labute approximate surface area is 171 Å². The minimum Gasteiger partial charge on any atom is -0.497 e. The summed E-state index contributed by atoms with van der Waals surface area (Å²) in [6.45, 7) is 0.917. The van der Waals surface area contributed by atoms with Crippen molar-refractivity contribution in [1.29, 1.82) is 0 Å². The number of fused-ring (bicyclic) bond motifs is 1. The number of pyridine rings is 1.